The molecule has 0 saturated carbocycles. The van der Waals surface area contributed by atoms with Crippen molar-refractivity contribution in [1.29, 1.82) is 0 Å². The molecule has 1 heterocycles. The second-order valence-electron chi connectivity index (χ2n) is 0.805. The van der Waals surface area contributed by atoms with E-state index in [2.05, 4.69) is 10.4 Å². The maximum Gasteiger partial charge on any atom is 0.132 e. The van der Waals surface area contributed by atoms with Crippen molar-refractivity contribution >= 4 is 11.8 Å². The number of nitrogens with zero attached hydrogens (tertiary/aromatic N) is 1. The van der Waals surface area contributed by atoms with Crippen LogP contribution in [-0.4, -0.2) is 4.53 Å². The topological polar surface area (TPSA) is 24.5 Å². The van der Waals surface area contributed by atoms with Crippen molar-refractivity contribution in [3.8, 4) is 0 Å². The van der Waals surface area contributed by atoms with Gasteiger partial charge in [0.05, 0.1) is 6.20 Å². The summed E-state index contributed by atoms with van der Waals surface area (Å²) >= 11 is 5.22. The average molecular weight is 107 g/mol. The third-order valence-electron chi connectivity index (χ3n) is 0.400. The molecular weight excluding hydrogens is 103 g/mol. The second kappa shape index (κ2) is 1.36. The third kappa shape index (κ3) is 0.555. The molecule has 1 N–H and O–H groups in total. The first-order chi connectivity index (χ1) is 2.89. The minimum atomic E-state index is 1.18. The molecule has 1 rings (SSSR count). The van der Waals surface area contributed by atoms with E-state index in [-0.39, 0.29) is 0 Å². The average Bonchev–Trinajstić information content (AvgIpc) is 1.86. The Morgan fingerprint density at radius 2 is 2.67 bits per heavy atom. The normalized spacial score (nSPS) is 18.5. The minimum Gasteiger partial charge on any atom is -0.394 e. The summed E-state index contributed by atoms with van der Waals surface area (Å²) in [5.41, 5.74) is 2.31. The zero-order chi connectivity index (χ0) is 4.41. The van der Waals surface area contributed by atoms with Crippen LogP contribution in [0.4, 0.5) is 0 Å². The molecule has 1 aliphatic heterocycles. The van der Waals surface area contributed by atoms with E-state index >= 15 is 0 Å². The second-order valence-corrected chi connectivity index (χ2v) is 1.17. The number of hydrogen-bond donors (Lipinski definition) is 1. The molecule has 0 atom stereocenters. The van der Waals surface area contributed by atoms with E-state index in [4.69, 9.17) is 11.8 Å². The zero-order valence-corrected chi connectivity index (χ0v) is 3.64. The molecule has 0 spiro atoms. The van der Waals surface area contributed by atoms with Crippen LogP contribution in [0.25, 0.3) is 0 Å². The molecule has 34 valence electrons. The Labute approximate surface area is 40.2 Å². The molecule has 4 heteroatoms. The van der Waals surface area contributed by atoms with Crippen LogP contribution in [0.5, 0.6) is 0 Å². The molecule has 0 bridgehead atoms. The Balaban J connectivity index is 2.38. The van der Waals surface area contributed by atoms with Crippen molar-refractivity contribution < 1.29 is 4.84 Å². The van der Waals surface area contributed by atoms with E-state index in [1.165, 1.54) is 10.8 Å². The summed E-state index contributed by atoms with van der Waals surface area (Å²) in [4.78, 5) is 4.42. The van der Waals surface area contributed by atoms with Crippen LogP contribution in [-0.2, 0) is 4.84 Å². The smallest absolute Gasteiger partial charge is 0.132 e. The van der Waals surface area contributed by atoms with Crippen molar-refractivity contribution in [2.75, 3.05) is 0 Å². The molecule has 0 unspecified atom stereocenters. The zero-order valence-electron chi connectivity index (χ0n) is 2.89. The van der Waals surface area contributed by atoms with Gasteiger partial charge in [-0.1, -0.05) is 5.59 Å². The van der Waals surface area contributed by atoms with E-state index in [0.717, 1.165) is 0 Å². The van der Waals surface area contributed by atoms with Crippen molar-refractivity contribution in [3.63, 3.8) is 0 Å². The van der Waals surface area contributed by atoms with E-state index in [1.54, 1.807) is 6.20 Å². The number of halogens is 1. The maximum absolute atomic E-state index is 5.22. The van der Waals surface area contributed by atoms with Crippen LogP contribution < -0.4 is 5.59 Å². The standard InChI is InChI=1S/C2H3ClN2O/c3-5-1-2-6-4-5/h1-2,4H. The van der Waals surface area contributed by atoms with Gasteiger partial charge >= 0.3 is 0 Å². The van der Waals surface area contributed by atoms with Gasteiger partial charge in [0.15, 0.2) is 0 Å². The molecular formula is C2H3ClN2O. The SMILES string of the molecule is ClN1C=CON1. The van der Waals surface area contributed by atoms with E-state index in [9.17, 15) is 0 Å². The first-order valence-corrected chi connectivity index (χ1v) is 1.76. The molecule has 0 saturated heterocycles. The lowest BCUT2D eigenvalue weighted by atomic mass is 11.0. The molecule has 0 aromatic heterocycles. The summed E-state index contributed by atoms with van der Waals surface area (Å²) in [6.07, 6.45) is 2.98. The predicted molar refractivity (Wildman–Crippen MR) is 21.1 cm³/mol. The van der Waals surface area contributed by atoms with E-state index < -0.39 is 0 Å². The Hall–Kier alpha value is -0.410. The lowest BCUT2D eigenvalue weighted by Crippen LogP contribution is -2.16. The summed E-state index contributed by atoms with van der Waals surface area (Å²) in [5.74, 6) is 0. The predicted octanol–water partition coefficient (Wildman–Crippen LogP) is 0.363. The highest BCUT2D eigenvalue weighted by molar-refractivity contribution is 6.13. The van der Waals surface area contributed by atoms with Gasteiger partial charge in [-0.2, -0.15) is 4.53 Å². The molecule has 0 aliphatic carbocycles. The minimum absolute atomic E-state index is 1.18. The monoisotopic (exact) mass is 106 g/mol. The molecule has 0 aromatic rings. The van der Waals surface area contributed by atoms with Crippen molar-refractivity contribution in [1.82, 2.24) is 10.1 Å². The van der Waals surface area contributed by atoms with Crippen LogP contribution >= 0.6 is 11.8 Å². The Morgan fingerprint density at radius 3 is 2.83 bits per heavy atom. The molecule has 3 nitrogen and oxygen atoms in total. The van der Waals surface area contributed by atoms with Gasteiger partial charge in [0.1, 0.15) is 6.26 Å². The first kappa shape index (κ1) is 3.77. The van der Waals surface area contributed by atoms with Crippen LogP contribution in [0.2, 0.25) is 0 Å². The molecule has 6 heavy (non-hydrogen) atoms. The fourth-order valence-corrected chi connectivity index (χ4v) is 0.281. The fraction of sp³-hybridized carbons (Fsp3) is 0. The van der Waals surface area contributed by atoms with Gasteiger partial charge in [-0.3, -0.25) is 0 Å². The maximum atomic E-state index is 5.22. The summed E-state index contributed by atoms with van der Waals surface area (Å²) in [7, 11) is 0. The molecule has 1 aliphatic rings. The van der Waals surface area contributed by atoms with Crippen LogP contribution in [0, 0.1) is 0 Å². The highest BCUT2D eigenvalue weighted by Crippen LogP contribution is 1.94. The van der Waals surface area contributed by atoms with Gasteiger partial charge in [0.2, 0.25) is 0 Å². The fourth-order valence-electron chi connectivity index (χ4n) is 0.195. The van der Waals surface area contributed by atoms with Crippen LogP contribution in [0.1, 0.15) is 0 Å². The molecule has 0 aromatic carbocycles. The molecule has 0 fully saturated rings. The van der Waals surface area contributed by atoms with Crippen LogP contribution in [0.3, 0.4) is 0 Å². The Morgan fingerprint density at radius 1 is 1.83 bits per heavy atom. The van der Waals surface area contributed by atoms with Crippen molar-refractivity contribution in [2.45, 2.75) is 0 Å². The largest absolute Gasteiger partial charge is 0.394 e. The quantitative estimate of drug-likeness (QED) is 0.452. The van der Waals surface area contributed by atoms with E-state index in [0.29, 0.717) is 0 Å². The summed E-state index contributed by atoms with van der Waals surface area (Å²) < 4.78 is 1.18. The third-order valence-corrected chi connectivity index (χ3v) is 0.581. The number of hydrazine groups is 1. The molecule has 0 amide bonds. The summed E-state index contributed by atoms with van der Waals surface area (Å²) in [5, 5.41) is 0. The highest BCUT2D eigenvalue weighted by Gasteiger charge is 1.94. The highest BCUT2D eigenvalue weighted by atomic mass is 35.5. The Bertz CT molecular complexity index is 73.9. The van der Waals surface area contributed by atoms with Gasteiger partial charge in [-0.15, -0.1) is 0 Å². The van der Waals surface area contributed by atoms with Gasteiger partial charge in [0.25, 0.3) is 0 Å². The van der Waals surface area contributed by atoms with Gasteiger partial charge in [0, 0.05) is 11.8 Å². The van der Waals surface area contributed by atoms with Crippen LogP contribution in [0.15, 0.2) is 12.5 Å². The Kier molecular flexibility index (Phi) is 0.856. The van der Waals surface area contributed by atoms with E-state index in [1.807, 2.05) is 0 Å². The lowest BCUT2D eigenvalue weighted by molar-refractivity contribution is 0.0852. The van der Waals surface area contributed by atoms with Gasteiger partial charge in [-0.05, 0) is 0 Å². The van der Waals surface area contributed by atoms with Gasteiger partial charge < -0.3 is 4.84 Å². The summed E-state index contributed by atoms with van der Waals surface area (Å²) in [6.45, 7) is 0. The van der Waals surface area contributed by atoms with Crippen molar-refractivity contribution in [3.05, 3.63) is 12.5 Å². The lowest BCUT2D eigenvalue weighted by Gasteiger charge is -1.97. The first-order valence-electron chi connectivity index (χ1n) is 1.42. The number of nitrogens with one attached hydrogen (secondary N) is 1. The molecule has 0 radical (unpaired) electrons. The van der Waals surface area contributed by atoms with Gasteiger partial charge in [-0.25, -0.2) is 0 Å². The number of hydrogen-bond acceptors (Lipinski definition) is 3. The van der Waals surface area contributed by atoms with Crippen molar-refractivity contribution in [2.24, 2.45) is 0 Å². The summed E-state index contributed by atoms with van der Waals surface area (Å²) in [6, 6.07) is 0. The number of rotatable bonds is 0.